The molecule has 0 atom stereocenters. The summed E-state index contributed by atoms with van der Waals surface area (Å²) in [7, 11) is 0. The van der Waals surface area contributed by atoms with E-state index in [0.29, 0.717) is 25.6 Å². The molecule has 0 saturated carbocycles. The predicted octanol–water partition coefficient (Wildman–Crippen LogP) is 4.19. The molecule has 6 nitrogen and oxygen atoms in total. The van der Waals surface area contributed by atoms with Crippen LogP contribution in [0.1, 0.15) is 25.8 Å². The van der Waals surface area contributed by atoms with E-state index < -0.39 is 0 Å². The average Bonchev–Trinajstić information content (AvgIpc) is 2.84. The number of nitrogens with zero attached hydrogens (tertiary/aromatic N) is 2. The quantitative estimate of drug-likeness (QED) is 0.869. The van der Waals surface area contributed by atoms with Crippen molar-refractivity contribution >= 4 is 23.1 Å². The number of amides is 1. The molecule has 28 heavy (non-hydrogen) atoms. The molecule has 6 heteroatoms. The summed E-state index contributed by atoms with van der Waals surface area (Å²) < 4.78 is 11.7. The number of hydrogen-bond donors (Lipinski definition) is 1. The largest absolute Gasteiger partial charge is 0.454 e. The van der Waals surface area contributed by atoms with Gasteiger partial charge in [-0.25, -0.2) is 4.99 Å². The summed E-state index contributed by atoms with van der Waals surface area (Å²) in [6.07, 6.45) is 0.490. The summed E-state index contributed by atoms with van der Waals surface area (Å²) in [5, 5.41) is 3.00. The van der Waals surface area contributed by atoms with E-state index in [-0.39, 0.29) is 5.91 Å². The Kier molecular flexibility index (Phi) is 5.30. The van der Waals surface area contributed by atoms with Crippen molar-refractivity contribution < 1.29 is 14.3 Å². The molecule has 4 rings (SSSR count). The Bertz CT molecular complexity index is 902. The molecule has 2 aliphatic heterocycles. The van der Waals surface area contributed by atoms with Crippen molar-refractivity contribution in [3.05, 3.63) is 48.0 Å². The zero-order chi connectivity index (χ0) is 19.5. The fourth-order valence-electron chi connectivity index (χ4n) is 3.40. The van der Waals surface area contributed by atoms with Crippen LogP contribution in [0.25, 0.3) is 0 Å². The molecular formula is C22H25N3O3. The number of morpholine rings is 1. The highest BCUT2D eigenvalue weighted by Gasteiger charge is 2.24. The SMILES string of the molecule is CC(C)CC(=O)Nc1ccc2c(c1)C(N1CCOCC1)=Nc1ccccc1O2. The van der Waals surface area contributed by atoms with E-state index in [4.69, 9.17) is 14.5 Å². The summed E-state index contributed by atoms with van der Waals surface area (Å²) in [6.45, 7) is 6.94. The zero-order valence-electron chi connectivity index (χ0n) is 16.3. The number of carbonyl (C=O) groups excluding carboxylic acids is 1. The third-order valence-corrected chi connectivity index (χ3v) is 4.72. The molecule has 1 saturated heterocycles. The third-order valence-electron chi connectivity index (χ3n) is 4.72. The van der Waals surface area contributed by atoms with E-state index in [2.05, 4.69) is 10.2 Å². The highest BCUT2D eigenvalue weighted by atomic mass is 16.5. The second kappa shape index (κ2) is 8.02. The average molecular weight is 379 g/mol. The Morgan fingerprint density at radius 2 is 1.93 bits per heavy atom. The van der Waals surface area contributed by atoms with Gasteiger partial charge in [-0.3, -0.25) is 4.79 Å². The Labute approximate surface area is 165 Å². The van der Waals surface area contributed by atoms with Gasteiger partial charge in [0.15, 0.2) is 5.75 Å². The van der Waals surface area contributed by atoms with Crippen molar-refractivity contribution in [3.63, 3.8) is 0 Å². The molecule has 0 spiro atoms. The topological polar surface area (TPSA) is 63.2 Å². The lowest BCUT2D eigenvalue weighted by Crippen LogP contribution is -2.41. The molecule has 1 N–H and O–H groups in total. The molecular weight excluding hydrogens is 354 g/mol. The van der Waals surface area contributed by atoms with Crippen molar-refractivity contribution in [2.45, 2.75) is 20.3 Å². The lowest BCUT2D eigenvalue weighted by atomic mass is 10.1. The van der Waals surface area contributed by atoms with Crippen LogP contribution in [0.4, 0.5) is 11.4 Å². The summed E-state index contributed by atoms with van der Waals surface area (Å²) in [5.41, 5.74) is 2.42. The Morgan fingerprint density at radius 3 is 2.71 bits per heavy atom. The molecule has 0 aromatic heterocycles. The second-order valence-electron chi connectivity index (χ2n) is 7.46. The van der Waals surface area contributed by atoms with Gasteiger partial charge < -0.3 is 19.7 Å². The Balaban J connectivity index is 1.73. The van der Waals surface area contributed by atoms with Crippen molar-refractivity contribution in [3.8, 4) is 11.5 Å². The number of amidine groups is 1. The van der Waals surface area contributed by atoms with E-state index in [1.807, 2.05) is 56.3 Å². The number of ether oxygens (including phenoxy) is 2. The number of rotatable bonds is 3. The van der Waals surface area contributed by atoms with E-state index >= 15 is 0 Å². The first-order valence-electron chi connectivity index (χ1n) is 9.72. The predicted molar refractivity (Wildman–Crippen MR) is 110 cm³/mol. The van der Waals surface area contributed by atoms with Crippen LogP contribution in [0.2, 0.25) is 0 Å². The summed E-state index contributed by atoms with van der Waals surface area (Å²) in [4.78, 5) is 19.4. The van der Waals surface area contributed by atoms with Crippen molar-refractivity contribution in [1.29, 1.82) is 0 Å². The minimum atomic E-state index is 0.0117. The highest BCUT2D eigenvalue weighted by molar-refractivity contribution is 6.05. The van der Waals surface area contributed by atoms with E-state index in [0.717, 1.165) is 47.4 Å². The monoisotopic (exact) mass is 379 g/mol. The smallest absolute Gasteiger partial charge is 0.224 e. The number of hydrogen-bond acceptors (Lipinski definition) is 5. The molecule has 0 unspecified atom stereocenters. The molecule has 1 fully saturated rings. The molecule has 146 valence electrons. The zero-order valence-corrected chi connectivity index (χ0v) is 16.3. The van der Waals surface area contributed by atoms with Crippen LogP contribution in [0.3, 0.4) is 0 Å². The van der Waals surface area contributed by atoms with E-state index in [1.165, 1.54) is 0 Å². The van der Waals surface area contributed by atoms with Gasteiger partial charge in [0.05, 0.1) is 18.8 Å². The van der Waals surface area contributed by atoms with Gasteiger partial charge >= 0.3 is 0 Å². The molecule has 2 aromatic rings. The van der Waals surface area contributed by atoms with Crippen LogP contribution in [-0.2, 0) is 9.53 Å². The standard InChI is InChI=1S/C22H25N3O3/c1-15(2)13-21(26)23-16-7-8-19-17(14-16)22(25-9-11-27-12-10-25)24-18-5-3-4-6-20(18)28-19/h3-8,14-15H,9-13H2,1-2H3,(H,23,26). The fraction of sp³-hybridized carbons (Fsp3) is 0.364. The number of fused-ring (bicyclic) bond motifs is 2. The molecule has 1 amide bonds. The van der Waals surface area contributed by atoms with Gasteiger partial charge in [-0.2, -0.15) is 0 Å². The van der Waals surface area contributed by atoms with Gasteiger partial charge in [-0.05, 0) is 36.2 Å². The number of benzene rings is 2. The number of para-hydroxylation sites is 2. The Morgan fingerprint density at radius 1 is 1.14 bits per heavy atom. The lowest BCUT2D eigenvalue weighted by Gasteiger charge is -2.30. The summed E-state index contributed by atoms with van der Waals surface area (Å²) >= 11 is 0. The summed E-state index contributed by atoms with van der Waals surface area (Å²) in [5.74, 6) is 2.63. The maximum absolute atomic E-state index is 12.2. The van der Waals surface area contributed by atoms with Crippen molar-refractivity contribution in [1.82, 2.24) is 4.90 Å². The highest BCUT2D eigenvalue weighted by Crippen LogP contribution is 2.39. The first-order chi connectivity index (χ1) is 13.6. The van der Waals surface area contributed by atoms with Crippen LogP contribution < -0.4 is 10.1 Å². The molecule has 2 aromatic carbocycles. The van der Waals surface area contributed by atoms with Crippen LogP contribution >= 0.6 is 0 Å². The molecule has 2 heterocycles. The second-order valence-corrected chi connectivity index (χ2v) is 7.46. The van der Waals surface area contributed by atoms with Crippen molar-refractivity contribution in [2.75, 3.05) is 31.6 Å². The van der Waals surface area contributed by atoms with Gasteiger partial charge in [-0.1, -0.05) is 26.0 Å². The molecule has 0 radical (unpaired) electrons. The molecule has 0 bridgehead atoms. The van der Waals surface area contributed by atoms with Crippen LogP contribution in [-0.4, -0.2) is 42.9 Å². The first-order valence-corrected chi connectivity index (χ1v) is 9.72. The number of nitrogens with one attached hydrogen (secondary N) is 1. The van der Waals surface area contributed by atoms with Gasteiger partial charge in [0.2, 0.25) is 5.91 Å². The fourth-order valence-corrected chi connectivity index (χ4v) is 3.40. The Hall–Kier alpha value is -2.86. The maximum Gasteiger partial charge on any atom is 0.224 e. The van der Waals surface area contributed by atoms with Gasteiger partial charge in [0, 0.05) is 25.2 Å². The number of aliphatic imine (C=N–C) groups is 1. The number of carbonyl (C=O) groups is 1. The third kappa shape index (κ3) is 4.02. The van der Waals surface area contributed by atoms with Crippen LogP contribution in [0, 0.1) is 5.92 Å². The molecule has 2 aliphatic rings. The molecule has 0 aliphatic carbocycles. The van der Waals surface area contributed by atoms with E-state index in [9.17, 15) is 4.79 Å². The van der Waals surface area contributed by atoms with E-state index in [1.54, 1.807) is 0 Å². The van der Waals surface area contributed by atoms with Crippen molar-refractivity contribution in [2.24, 2.45) is 10.9 Å². The van der Waals surface area contributed by atoms with Gasteiger partial charge in [0.1, 0.15) is 17.3 Å². The minimum absolute atomic E-state index is 0.0117. The first kappa shape index (κ1) is 18.5. The number of anilines is 1. The maximum atomic E-state index is 12.2. The summed E-state index contributed by atoms with van der Waals surface area (Å²) in [6, 6.07) is 13.5. The van der Waals surface area contributed by atoms with Crippen LogP contribution in [0.5, 0.6) is 11.5 Å². The minimum Gasteiger partial charge on any atom is -0.454 e. The lowest BCUT2D eigenvalue weighted by molar-refractivity contribution is -0.116. The normalized spacial score (nSPS) is 15.8. The van der Waals surface area contributed by atoms with Crippen LogP contribution in [0.15, 0.2) is 47.5 Å². The van der Waals surface area contributed by atoms with Gasteiger partial charge in [0.25, 0.3) is 0 Å². The van der Waals surface area contributed by atoms with Gasteiger partial charge in [-0.15, -0.1) is 0 Å².